The molecule has 0 bridgehead atoms. The SMILES string of the molecule is COC(=O)C(C)c1ccc(Oc2cccc(Oc3ccc(C(F)(F)F)cc3Br)c2)cc1C. The van der Waals surface area contributed by atoms with Gasteiger partial charge in [0.05, 0.1) is 23.1 Å². The van der Waals surface area contributed by atoms with E-state index >= 15 is 0 Å². The van der Waals surface area contributed by atoms with Gasteiger partial charge in [-0.1, -0.05) is 12.1 Å². The van der Waals surface area contributed by atoms with Gasteiger partial charge in [-0.05, 0) is 83.4 Å². The second-order valence-corrected chi connectivity index (χ2v) is 7.94. The molecule has 4 nitrogen and oxygen atoms in total. The summed E-state index contributed by atoms with van der Waals surface area (Å²) in [6, 6.07) is 15.3. The van der Waals surface area contributed by atoms with Gasteiger partial charge in [0, 0.05) is 6.07 Å². The molecule has 0 heterocycles. The zero-order valence-corrected chi connectivity index (χ0v) is 19.1. The molecule has 0 radical (unpaired) electrons. The number of esters is 1. The molecule has 8 heteroatoms. The summed E-state index contributed by atoms with van der Waals surface area (Å²) in [6.45, 7) is 3.65. The summed E-state index contributed by atoms with van der Waals surface area (Å²) < 4.78 is 55.1. The monoisotopic (exact) mass is 508 g/mol. The summed E-state index contributed by atoms with van der Waals surface area (Å²) in [4.78, 5) is 11.8. The van der Waals surface area contributed by atoms with Gasteiger partial charge in [0.1, 0.15) is 23.0 Å². The molecule has 0 amide bonds. The summed E-state index contributed by atoms with van der Waals surface area (Å²) in [5.41, 5.74) is 0.948. The number of rotatable bonds is 6. The average Bonchev–Trinajstić information content (AvgIpc) is 2.74. The van der Waals surface area contributed by atoms with Crippen molar-refractivity contribution in [3.8, 4) is 23.0 Å². The molecule has 0 spiro atoms. The van der Waals surface area contributed by atoms with E-state index in [2.05, 4.69) is 15.9 Å². The van der Waals surface area contributed by atoms with Crippen LogP contribution >= 0.6 is 15.9 Å². The van der Waals surface area contributed by atoms with Gasteiger partial charge in [0.25, 0.3) is 0 Å². The third-order valence-corrected chi connectivity index (χ3v) is 5.41. The topological polar surface area (TPSA) is 44.8 Å². The molecule has 168 valence electrons. The summed E-state index contributed by atoms with van der Waals surface area (Å²) in [5.74, 6) is 0.978. The molecule has 0 aliphatic heterocycles. The quantitative estimate of drug-likeness (QED) is 0.321. The Morgan fingerprint density at radius 1 is 0.938 bits per heavy atom. The fraction of sp³-hybridized carbons (Fsp3) is 0.208. The lowest BCUT2D eigenvalue weighted by atomic mass is 9.96. The second kappa shape index (κ2) is 9.65. The van der Waals surface area contributed by atoms with E-state index < -0.39 is 17.7 Å². The van der Waals surface area contributed by atoms with Crippen LogP contribution in [0.5, 0.6) is 23.0 Å². The lowest BCUT2D eigenvalue weighted by Gasteiger charge is -2.15. The molecular weight excluding hydrogens is 489 g/mol. The van der Waals surface area contributed by atoms with Gasteiger partial charge < -0.3 is 14.2 Å². The smallest absolute Gasteiger partial charge is 0.416 e. The lowest BCUT2D eigenvalue weighted by Crippen LogP contribution is -2.11. The van der Waals surface area contributed by atoms with E-state index in [0.717, 1.165) is 23.3 Å². The highest BCUT2D eigenvalue weighted by atomic mass is 79.9. The Morgan fingerprint density at radius 2 is 1.59 bits per heavy atom. The maximum atomic E-state index is 12.8. The van der Waals surface area contributed by atoms with E-state index in [1.165, 1.54) is 13.2 Å². The standard InChI is InChI=1S/C24H20BrF3O4/c1-14-11-19(8-9-20(14)15(2)23(29)30-3)31-17-5-4-6-18(13-17)32-22-10-7-16(12-21(22)25)24(26,27)28/h4-13,15H,1-3H3. The Kier molecular flexibility index (Phi) is 7.13. The minimum absolute atomic E-state index is 0.185. The number of carbonyl (C=O) groups excluding carboxylic acids is 1. The molecule has 3 rings (SSSR count). The fourth-order valence-corrected chi connectivity index (χ4v) is 3.59. The molecule has 0 fully saturated rings. The molecule has 0 N–H and O–H groups in total. The van der Waals surface area contributed by atoms with E-state index in [1.807, 2.05) is 19.1 Å². The van der Waals surface area contributed by atoms with Crippen molar-refractivity contribution in [2.24, 2.45) is 0 Å². The molecule has 1 atom stereocenters. The molecule has 0 aliphatic carbocycles. The molecule has 0 aliphatic rings. The molecule has 0 aromatic heterocycles. The number of ether oxygens (including phenoxy) is 3. The van der Waals surface area contributed by atoms with Gasteiger partial charge in [-0.3, -0.25) is 4.79 Å². The van der Waals surface area contributed by atoms with Crippen LogP contribution in [0.15, 0.2) is 65.1 Å². The Hall–Kier alpha value is -3.00. The Labute approximate surface area is 192 Å². The Morgan fingerprint density at radius 3 is 2.19 bits per heavy atom. The normalized spacial score (nSPS) is 12.2. The van der Waals surface area contributed by atoms with Crippen LogP contribution in [-0.2, 0) is 15.7 Å². The van der Waals surface area contributed by atoms with Crippen LogP contribution in [0.3, 0.4) is 0 Å². The summed E-state index contributed by atoms with van der Waals surface area (Å²) in [6.07, 6.45) is -4.43. The molecule has 3 aromatic rings. The van der Waals surface area contributed by atoms with E-state index in [1.54, 1.807) is 37.3 Å². The number of benzene rings is 3. The molecule has 3 aromatic carbocycles. The lowest BCUT2D eigenvalue weighted by molar-refractivity contribution is -0.142. The van der Waals surface area contributed by atoms with Crippen LogP contribution in [0, 0.1) is 6.92 Å². The average molecular weight is 509 g/mol. The zero-order valence-electron chi connectivity index (χ0n) is 17.5. The van der Waals surface area contributed by atoms with Crippen LogP contribution in [0.4, 0.5) is 13.2 Å². The first-order chi connectivity index (χ1) is 15.1. The van der Waals surface area contributed by atoms with Crippen LogP contribution in [0.25, 0.3) is 0 Å². The van der Waals surface area contributed by atoms with Crippen LogP contribution in [-0.4, -0.2) is 13.1 Å². The van der Waals surface area contributed by atoms with Crippen molar-refractivity contribution >= 4 is 21.9 Å². The van der Waals surface area contributed by atoms with Gasteiger partial charge in [0.15, 0.2) is 0 Å². The summed E-state index contributed by atoms with van der Waals surface area (Å²) in [5, 5.41) is 0. The minimum atomic E-state index is -4.43. The number of carbonyl (C=O) groups is 1. The van der Waals surface area contributed by atoms with Crippen molar-refractivity contribution in [3.05, 3.63) is 81.8 Å². The van der Waals surface area contributed by atoms with Crippen molar-refractivity contribution in [2.45, 2.75) is 25.9 Å². The first kappa shape index (κ1) is 23.7. The number of alkyl halides is 3. The highest BCUT2D eigenvalue weighted by molar-refractivity contribution is 9.10. The molecule has 0 saturated carbocycles. The van der Waals surface area contributed by atoms with Gasteiger partial charge in [-0.25, -0.2) is 0 Å². The zero-order chi connectivity index (χ0) is 23.5. The first-order valence-corrected chi connectivity index (χ1v) is 10.4. The van der Waals surface area contributed by atoms with Crippen LogP contribution < -0.4 is 9.47 Å². The van der Waals surface area contributed by atoms with Crippen molar-refractivity contribution in [3.63, 3.8) is 0 Å². The van der Waals surface area contributed by atoms with Gasteiger partial charge in [0.2, 0.25) is 0 Å². The first-order valence-electron chi connectivity index (χ1n) is 9.59. The summed E-state index contributed by atoms with van der Waals surface area (Å²) >= 11 is 3.12. The number of aryl methyl sites for hydroxylation is 1. The minimum Gasteiger partial charge on any atom is -0.469 e. The maximum Gasteiger partial charge on any atom is 0.416 e. The van der Waals surface area contributed by atoms with E-state index in [4.69, 9.17) is 14.2 Å². The fourth-order valence-electron chi connectivity index (χ4n) is 3.13. The largest absolute Gasteiger partial charge is 0.469 e. The molecule has 0 saturated heterocycles. The predicted octanol–water partition coefficient (Wildman–Crippen LogP) is 7.64. The van der Waals surface area contributed by atoms with Gasteiger partial charge in [-0.15, -0.1) is 0 Å². The third-order valence-electron chi connectivity index (χ3n) is 4.79. The van der Waals surface area contributed by atoms with Crippen molar-refractivity contribution in [2.75, 3.05) is 7.11 Å². The third kappa shape index (κ3) is 5.62. The van der Waals surface area contributed by atoms with E-state index in [-0.39, 0.29) is 16.2 Å². The van der Waals surface area contributed by atoms with Crippen LogP contribution in [0.2, 0.25) is 0 Å². The summed E-state index contributed by atoms with van der Waals surface area (Å²) in [7, 11) is 1.35. The van der Waals surface area contributed by atoms with Gasteiger partial charge >= 0.3 is 12.1 Å². The molecular formula is C24H20BrF3O4. The molecule has 1 unspecified atom stereocenters. The number of hydrogen-bond acceptors (Lipinski definition) is 4. The van der Waals surface area contributed by atoms with Gasteiger partial charge in [-0.2, -0.15) is 13.2 Å². The second-order valence-electron chi connectivity index (χ2n) is 7.09. The Balaban J connectivity index is 1.76. The van der Waals surface area contributed by atoms with E-state index in [0.29, 0.717) is 17.2 Å². The van der Waals surface area contributed by atoms with Crippen molar-refractivity contribution < 1.29 is 32.2 Å². The highest BCUT2D eigenvalue weighted by Crippen LogP contribution is 2.37. The van der Waals surface area contributed by atoms with Crippen molar-refractivity contribution in [1.82, 2.24) is 0 Å². The number of methoxy groups -OCH3 is 1. The molecule has 32 heavy (non-hydrogen) atoms. The maximum absolute atomic E-state index is 12.8. The predicted molar refractivity (Wildman–Crippen MR) is 117 cm³/mol. The van der Waals surface area contributed by atoms with E-state index in [9.17, 15) is 18.0 Å². The van der Waals surface area contributed by atoms with Crippen molar-refractivity contribution in [1.29, 1.82) is 0 Å². The Bertz CT molecular complexity index is 1130. The number of hydrogen-bond donors (Lipinski definition) is 0. The van der Waals surface area contributed by atoms with Crippen LogP contribution in [0.1, 0.15) is 29.5 Å². The highest BCUT2D eigenvalue weighted by Gasteiger charge is 2.31. The number of halogens is 4.